The van der Waals surface area contributed by atoms with Gasteiger partial charge in [-0.05, 0) is 80.0 Å². The lowest BCUT2D eigenvalue weighted by Crippen LogP contribution is -2.51. The molecule has 0 saturated carbocycles. The van der Waals surface area contributed by atoms with Gasteiger partial charge in [-0.2, -0.15) is 0 Å². The molecule has 0 bridgehead atoms. The molecule has 2 aromatic carbocycles. The van der Waals surface area contributed by atoms with E-state index >= 15 is 0 Å². The third kappa shape index (κ3) is 3.78. The summed E-state index contributed by atoms with van der Waals surface area (Å²) in [6.07, 6.45) is 0. The average molecular weight is 328 g/mol. The monoisotopic (exact) mass is 327 g/mol. The fourth-order valence-electron chi connectivity index (χ4n) is 2.58. The van der Waals surface area contributed by atoms with Gasteiger partial charge in [0.2, 0.25) is 17.4 Å². The molecule has 0 spiro atoms. The molecule has 22 heavy (non-hydrogen) atoms. The molecule has 1 nitrogen and oxygen atoms in total. The van der Waals surface area contributed by atoms with Crippen LogP contribution in [-0.2, 0) is 4.12 Å². The summed E-state index contributed by atoms with van der Waals surface area (Å²) in [4.78, 5) is 0. The molecule has 3 heteroatoms. The predicted molar refractivity (Wildman–Crippen MR) is 101 cm³/mol. The van der Waals surface area contributed by atoms with E-state index in [-0.39, 0.29) is 0 Å². The van der Waals surface area contributed by atoms with Crippen molar-refractivity contribution in [2.75, 3.05) is 0 Å². The van der Waals surface area contributed by atoms with Crippen molar-refractivity contribution in [1.82, 2.24) is 0 Å². The van der Waals surface area contributed by atoms with Crippen LogP contribution in [0.4, 0.5) is 0 Å². The van der Waals surface area contributed by atoms with E-state index in [9.17, 15) is 0 Å². The highest BCUT2D eigenvalue weighted by Crippen LogP contribution is 2.12. The summed E-state index contributed by atoms with van der Waals surface area (Å²) >= 11 is 0. The van der Waals surface area contributed by atoms with Crippen LogP contribution in [0.5, 0.6) is 0 Å². The molecule has 0 aliphatic rings. The molecule has 0 saturated heterocycles. The van der Waals surface area contributed by atoms with Crippen LogP contribution in [0.2, 0.25) is 19.6 Å². The fourth-order valence-corrected chi connectivity index (χ4v) is 8.37. The highest BCUT2D eigenvalue weighted by Gasteiger charge is 2.29. The average Bonchev–Trinajstić information content (AvgIpc) is 2.44. The summed E-state index contributed by atoms with van der Waals surface area (Å²) < 4.78 is 6.64. The number of rotatable bonds is 4. The van der Waals surface area contributed by atoms with Gasteiger partial charge in [-0.1, -0.05) is 36.4 Å². The zero-order chi connectivity index (χ0) is 16.5. The summed E-state index contributed by atoms with van der Waals surface area (Å²) in [6.45, 7) is 15.6. The van der Waals surface area contributed by atoms with Crippen molar-refractivity contribution in [3.05, 3.63) is 58.7 Å². The summed E-state index contributed by atoms with van der Waals surface area (Å²) in [5, 5.41) is 2.77. The summed E-state index contributed by atoms with van der Waals surface area (Å²) in [6, 6.07) is 13.5. The van der Waals surface area contributed by atoms with Gasteiger partial charge in [0.1, 0.15) is 0 Å². The SMILES string of the molecule is Cc1ccc([Si](C)O[Si](C)(C)c2ccc(C)c(C)c2)cc1C. The predicted octanol–water partition coefficient (Wildman–Crippen LogP) is 3.88. The molecule has 0 aliphatic heterocycles. The molecule has 117 valence electrons. The Morgan fingerprint density at radius 1 is 0.773 bits per heavy atom. The van der Waals surface area contributed by atoms with Gasteiger partial charge in [-0.25, -0.2) is 0 Å². The second-order valence-corrected chi connectivity index (χ2v) is 12.9. The molecule has 0 N–H and O–H groups in total. The molecule has 0 atom stereocenters. The maximum Gasteiger partial charge on any atom is 0.231 e. The van der Waals surface area contributed by atoms with E-state index in [1.54, 1.807) is 0 Å². The molecule has 2 rings (SSSR count). The van der Waals surface area contributed by atoms with E-state index in [0.717, 1.165) is 0 Å². The van der Waals surface area contributed by atoms with Crippen LogP contribution in [0.15, 0.2) is 36.4 Å². The highest BCUT2D eigenvalue weighted by atomic mass is 28.4. The van der Waals surface area contributed by atoms with Crippen LogP contribution in [0, 0.1) is 27.7 Å². The van der Waals surface area contributed by atoms with Gasteiger partial charge in [-0.15, -0.1) is 0 Å². The Hall–Kier alpha value is -1.17. The number of hydrogen-bond donors (Lipinski definition) is 0. The van der Waals surface area contributed by atoms with Crippen LogP contribution in [0.1, 0.15) is 22.3 Å². The first-order valence-corrected chi connectivity index (χ1v) is 12.7. The van der Waals surface area contributed by atoms with Gasteiger partial charge in [0.25, 0.3) is 0 Å². The van der Waals surface area contributed by atoms with Crippen LogP contribution >= 0.6 is 0 Å². The quantitative estimate of drug-likeness (QED) is 0.775. The molecule has 0 heterocycles. The van der Waals surface area contributed by atoms with Crippen LogP contribution < -0.4 is 10.4 Å². The Morgan fingerprint density at radius 2 is 1.32 bits per heavy atom. The molecule has 1 radical (unpaired) electrons. The summed E-state index contributed by atoms with van der Waals surface area (Å²) in [5.41, 5.74) is 5.42. The molecule has 0 unspecified atom stereocenters. The Morgan fingerprint density at radius 3 is 1.86 bits per heavy atom. The zero-order valence-corrected chi connectivity index (χ0v) is 16.9. The minimum atomic E-state index is -1.87. The zero-order valence-electron chi connectivity index (χ0n) is 14.9. The number of hydrogen-bond acceptors (Lipinski definition) is 1. The Kier molecular flexibility index (Phi) is 5.10. The van der Waals surface area contributed by atoms with E-state index < -0.39 is 17.4 Å². The lowest BCUT2D eigenvalue weighted by Gasteiger charge is -2.28. The standard InChI is InChI=1S/C19H27OSi2/c1-14-8-10-18(12-16(14)3)21(5)20-22(6,7)19-11-9-15(2)17(4)13-19/h8-13H,1-7H3. The lowest BCUT2D eigenvalue weighted by molar-refractivity contribution is 0.596. The van der Waals surface area contributed by atoms with Crippen molar-refractivity contribution < 1.29 is 4.12 Å². The molecular formula is C19H27OSi2. The van der Waals surface area contributed by atoms with Gasteiger partial charge in [0.05, 0.1) is 0 Å². The van der Waals surface area contributed by atoms with Crippen molar-refractivity contribution in [1.29, 1.82) is 0 Å². The van der Waals surface area contributed by atoms with Gasteiger partial charge in [0.15, 0.2) is 0 Å². The molecule has 0 amide bonds. The second-order valence-electron chi connectivity index (χ2n) is 6.77. The van der Waals surface area contributed by atoms with E-state index in [1.165, 1.54) is 32.6 Å². The van der Waals surface area contributed by atoms with Gasteiger partial charge >= 0.3 is 0 Å². The van der Waals surface area contributed by atoms with Crippen LogP contribution in [-0.4, -0.2) is 17.4 Å². The first-order chi connectivity index (χ1) is 10.2. The topological polar surface area (TPSA) is 9.23 Å². The molecule has 0 aromatic heterocycles. The number of aryl methyl sites for hydroxylation is 4. The van der Waals surface area contributed by atoms with Crippen molar-refractivity contribution in [2.45, 2.75) is 47.3 Å². The normalized spacial score (nSPS) is 12.0. The first-order valence-electron chi connectivity index (χ1n) is 7.88. The Labute approximate surface area is 138 Å². The largest absolute Gasteiger partial charge is 0.449 e. The van der Waals surface area contributed by atoms with E-state index in [4.69, 9.17) is 4.12 Å². The fraction of sp³-hybridized carbons (Fsp3) is 0.368. The van der Waals surface area contributed by atoms with Crippen LogP contribution in [0.3, 0.4) is 0 Å². The van der Waals surface area contributed by atoms with Crippen molar-refractivity contribution >= 4 is 27.7 Å². The third-order valence-electron chi connectivity index (χ3n) is 4.52. The third-order valence-corrected chi connectivity index (χ3v) is 10.6. The first kappa shape index (κ1) is 17.2. The smallest absolute Gasteiger partial charge is 0.231 e. The van der Waals surface area contributed by atoms with Gasteiger partial charge in [-0.3, -0.25) is 0 Å². The minimum Gasteiger partial charge on any atom is -0.449 e. The molecule has 0 fully saturated rings. The van der Waals surface area contributed by atoms with Gasteiger partial charge < -0.3 is 4.12 Å². The lowest BCUT2D eigenvalue weighted by atomic mass is 10.1. The van der Waals surface area contributed by atoms with Crippen LogP contribution in [0.25, 0.3) is 0 Å². The molecular weight excluding hydrogens is 300 g/mol. The second kappa shape index (κ2) is 6.53. The summed E-state index contributed by atoms with van der Waals surface area (Å²) in [7, 11) is -2.84. The van der Waals surface area contributed by atoms with Gasteiger partial charge in [0, 0.05) is 0 Å². The van der Waals surface area contributed by atoms with E-state index in [1.807, 2.05) is 0 Å². The Bertz CT molecular complexity index is 677. The van der Waals surface area contributed by atoms with Crippen molar-refractivity contribution in [3.63, 3.8) is 0 Å². The van der Waals surface area contributed by atoms with Crippen molar-refractivity contribution in [3.8, 4) is 0 Å². The molecule has 2 aromatic rings. The minimum absolute atomic E-state index is 0.971. The van der Waals surface area contributed by atoms with E-state index in [0.29, 0.717) is 0 Å². The molecule has 0 aliphatic carbocycles. The maximum absolute atomic E-state index is 6.64. The Balaban J connectivity index is 2.22. The summed E-state index contributed by atoms with van der Waals surface area (Å²) in [5.74, 6) is 0. The van der Waals surface area contributed by atoms with Crippen molar-refractivity contribution in [2.24, 2.45) is 0 Å². The van der Waals surface area contributed by atoms with E-state index in [2.05, 4.69) is 83.7 Å². The maximum atomic E-state index is 6.64. The number of benzene rings is 2. The highest BCUT2D eigenvalue weighted by molar-refractivity contribution is 6.90.